The Kier molecular flexibility index (Phi) is 10.0. The number of hydrogen-bond acceptors (Lipinski definition) is 12. The van der Waals surface area contributed by atoms with Crippen molar-refractivity contribution in [3.8, 4) is 11.4 Å². The summed E-state index contributed by atoms with van der Waals surface area (Å²) in [7, 11) is 0. The van der Waals surface area contributed by atoms with E-state index in [-0.39, 0.29) is 17.0 Å². The van der Waals surface area contributed by atoms with Crippen LogP contribution in [0.1, 0.15) is 53.7 Å². The van der Waals surface area contributed by atoms with Crippen molar-refractivity contribution in [1.82, 2.24) is 58.1 Å². The zero-order valence-corrected chi connectivity index (χ0v) is 34.7. The highest BCUT2D eigenvalue weighted by molar-refractivity contribution is 5.84. The fourth-order valence-corrected chi connectivity index (χ4v) is 7.92. The first-order valence-electron chi connectivity index (χ1n) is 20.0. The predicted octanol–water partition coefficient (Wildman–Crippen LogP) is 6.36. The molecule has 0 bridgehead atoms. The van der Waals surface area contributed by atoms with E-state index >= 15 is 0 Å². The van der Waals surface area contributed by atoms with E-state index in [4.69, 9.17) is 21.4 Å². The number of nitrogens with two attached hydrogens (primary N) is 2. The number of anilines is 2. The molecule has 6 heterocycles. The maximum absolute atomic E-state index is 13.8. The third-order valence-corrected chi connectivity index (χ3v) is 11.0. The van der Waals surface area contributed by atoms with Crippen molar-refractivity contribution < 1.29 is 0 Å². The zero-order chi connectivity index (χ0) is 43.2. The molecule has 4 N–H and O–H groups in total. The summed E-state index contributed by atoms with van der Waals surface area (Å²) in [5.74, 6) is 2.05. The summed E-state index contributed by atoms with van der Waals surface area (Å²) in [4.78, 5) is 62.6. The van der Waals surface area contributed by atoms with Crippen molar-refractivity contribution in [2.24, 2.45) is 0 Å². The standard InChI is InChI=1S/C24H23N7O.C22H19N7O/c1-14(2)16-8-4-5-10-18(16)31-19(29-17-9-6-7-15(3)20(17)24(31)32)11-30-13-28-21-22(25)26-12-27-23(21)30;1-13-6-3-4-9-16(13)29-17(27-15-8-5-7-14(2)18(15)22(29)30)10-28-12-26-19-20(23)24-11-25-21(19)28/h4-10,12-14H,11H2,1-3H3,(H2,25,26,27);3-9,11-12H,10H2,1-2H3,(H2,23,24,25). The summed E-state index contributed by atoms with van der Waals surface area (Å²) in [5, 5.41) is 1.24. The van der Waals surface area contributed by atoms with Crippen LogP contribution in [0.15, 0.2) is 120 Å². The molecule has 10 aromatic rings. The molecule has 0 spiro atoms. The highest BCUT2D eigenvalue weighted by Gasteiger charge is 2.21. The Morgan fingerprint density at radius 3 is 1.48 bits per heavy atom. The first kappa shape index (κ1) is 39.3. The van der Waals surface area contributed by atoms with Gasteiger partial charge in [0.25, 0.3) is 11.1 Å². The molecule has 16 nitrogen and oxygen atoms in total. The lowest BCUT2D eigenvalue weighted by Gasteiger charge is -2.19. The molecule has 0 amide bonds. The molecule has 0 atom stereocenters. The fourth-order valence-electron chi connectivity index (χ4n) is 7.92. The number of nitrogen functional groups attached to an aromatic ring is 2. The van der Waals surface area contributed by atoms with Crippen molar-refractivity contribution in [3.05, 3.63) is 165 Å². The molecule has 62 heavy (non-hydrogen) atoms. The normalized spacial score (nSPS) is 11.5. The van der Waals surface area contributed by atoms with Gasteiger partial charge in [-0.3, -0.25) is 18.7 Å². The molecule has 6 aromatic heterocycles. The topological polar surface area (TPSA) is 209 Å². The van der Waals surface area contributed by atoms with Gasteiger partial charge >= 0.3 is 0 Å². The van der Waals surface area contributed by atoms with Gasteiger partial charge in [0, 0.05) is 0 Å². The van der Waals surface area contributed by atoms with Gasteiger partial charge in [0.05, 0.1) is 58.9 Å². The summed E-state index contributed by atoms with van der Waals surface area (Å²) >= 11 is 0. The second-order valence-corrected chi connectivity index (χ2v) is 15.4. The first-order valence-corrected chi connectivity index (χ1v) is 20.0. The van der Waals surface area contributed by atoms with Gasteiger partial charge in [-0.2, -0.15) is 0 Å². The number of nitrogens with zero attached hydrogens (tertiary/aromatic N) is 12. The average molecular weight is 823 g/mol. The van der Waals surface area contributed by atoms with E-state index in [2.05, 4.69) is 49.8 Å². The second kappa shape index (κ2) is 15.8. The van der Waals surface area contributed by atoms with Crippen molar-refractivity contribution in [1.29, 1.82) is 0 Å². The number of imidazole rings is 2. The Morgan fingerprint density at radius 1 is 0.532 bits per heavy atom. The van der Waals surface area contributed by atoms with Crippen LogP contribution < -0.4 is 22.6 Å². The highest BCUT2D eigenvalue weighted by Crippen LogP contribution is 2.26. The molecule has 0 aliphatic heterocycles. The molecular weight excluding hydrogens is 781 g/mol. The Morgan fingerprint density at radius 2 is 0.984 bits per heavy atom. The smallest absolute Gasteiger partial charge is 0.266 e. The van der Waals surface area contributed by atoms with Gasteiger partial charge in [0.1, 0.15) is 35.3 Å². The van der Waals surface area contributed by atoms with Crippen LogP contribution in [-0.4, -0.2) is 58.1 Å². The second-order valence-electron chi connectivity index (χ2n) is 15.4. The molecule has 0 aliphatic rings. The van der Waals surface area contributed by atoms with E-state index in [0.29, 0.717) is 80.5 Å². The van der Waals surface area contributed by atoms with Crippen LogP contribution in [-0.2, 0) is 13.1 Å². The molecule has 0 fully saturated rings. The molecule has 0 saturated heterocycles. The van der Waals surface area contributed by atoms with Crippen LogP contribution in [0.2, 0.25) is 0 Å². The van der Waals surface area contributed by atoms with Crippen LogP contribution in [0, 0.1) is 20.8 Å². The van der Waals surface area contributed by atoms with Gasteiger partial charge in [0.2, 0.25) is 0 Å². The number of aromatic nitrogens is 12. The number of para-hydroxylation sites is 2. The van der Waals surface area contributed by atoms with E-state index in [1.54, 1.807) is 21.8 Å². The highest BCUT2D eigenvalue weighted by atomic mass is 16.1. The molecule has 10 rings (SSSR count). The van der Waals surface area contributed by atoms with E-state index in [9.17, 15) is 9.59 Å². The lowest BCUT2D eigenvalue weighted by atomic mass is 10.0. The zero-order valence-electron chi connectivity index (χ0n) is 34.7. The van der Waals surface area contributed by atoms with E-state index < -0.39 is 0 Å². The Labute approximate surface area is 354 Å². The maximum Gasteiger partial charge on any atom is 0.266 e. The Balaban J connectivity index is 0.000000158. The van der Waals surface area contributed by atoms with Crippen LogP contribution in [0.3, 0.4) is 0 Å². The third kappa shape index (κ3) is 6.86. The van der Waals surface area contributed by atoms with Crippen molar-refractivity contribution >= 4 is 55.8 Å². The summed E-state index contributed by atoms with van der Waals surface area (Å²) in [6, 6.07) is 27.2. The monoisotopic (exact) mass is 822 g/mol. The Bertz CT molecular complexity index is 3470. The average Bonchev–Trinajstić information content (AvgIpc) is 3.87. The largest absolute Gasteiger partial charge is 0.382 e. The summed E-state index contributed by atoms with van der Waals surface area (Å²) < 4.78 is 7.07. The molecule has 0 aliphatic carbocycles. The van der Waals surface area contributed by atoms with Crippen LogP contribution in [0.25, 0.3) is 55.5 Å². The lowest BCUT2D eigenvalue weighted by molar-refractivity contribution is 0.711. The molecular formula is C46H42N14O2. The maximum atomic E-state index is 13.8. The van der Waals surface area contributed by atoms with Gasteiger partial charge in [-0.1, -0.05) is 74.5 Å². The number of benzene rings is 4. The molecule has 4 aromatic carbocycles. The van der Waals surface area contributed by atoms with Gasteiger partial charge < -0.3 is 20.6 Å². The first-order chi connectivity index (χ1) is 30.0. The lowest BCUT2D eigenvalue weighted by Crippen LogP contribution is -2.27. The molecule has 0 radical (unpaired) electrons. The minimum absolute atomic E-state index is 0.0882. The van der Waals surface area contributed by atoms with Crippen LogP contribution in [0.5, 0.6) is 0 Å². The van der Waals surface area contributed by atoms with Crippen LogP contribution >= 0.6 is 0 Å². The number of aryl methyl sites for hydroxylation is 3. The molecule has 0 unspecified atom stereocenters. The summed E-state index contributed by atoms with van der Waals surface area (Å²) in [6.07, 6.45) is 6.11. The van der Waals surface area contributed by atoms with Crippen LogP contribution in [0.4, 0.5) is 11.6 Å². The SMILES string of the molecule is Cc1cccc2nc(Cn3cnc4c(N)ncnc43)n(-c3ccccc3C(C)C)c(=O)c12.Cc1ccccc1-n1c(Cn2cnc3c(N)ncnc32)nc2cccc(C)c2c1=O. The van der Waals surface area contributed by atoms with Crippen molar-refractivity contribution in [3.63, 3.8) is 0 Å². The minimum atomic E-state index is -0.0963. The third-order valence-electron chi connectivity index (χ3n) is 11.0. The van der Waals surface area contributed by atoms with E-state index in [0.717, 1.165) is 33.6 Å². The van der Waals surface area contributed by atoms with Gasteiger partial charge in [-0.25, -0.2) is 39.9 Å². The van der Waals surface area contributed by atoms with E-state index in [1.807, 2.05) is 109 Å². The summed E-state index contributed by atoms with van der Waals surface area (Å²) in [5.41, 5.74) is 20.8. The van der Waals surface area contributed by atoms with Crippen molar-refractivity contribution in [2.45, 2.75) is 53.6 Å². The van der Waals surface area contributed by atoms with Gasteiger partial charge in [-0.15, -0.1) is 0 Å². The molecule has 16 heteroatoms. The molecule has 0 saturated carbocycles. The van der Waals surface area contributed by atoms with Gasteiger partial charge in [-0.05, 0) is 73.2 Å². The van der Waals surface area contributed by atoms with Gasteiger partial charge in [0.15, 0.2) is 22.9 Å². The number of rotatable bonds is 7. The quantitative estimate of drug-likeness (QED) is 0.180. The minimum Gasteiger partial charge on any atom is -0.382 e. The Hall–Kier alpha value is -8.14. The predicted molar refractivity (Wildman–Crippen MR) is 241 cm³/mol. The number of fused-ring (bicyclic) bond motifs is 4. The van der Waals surface area contributed by atoms with Crippen molar-refractivity contribution in [2.75, 3.05) is 11.5 Å². The van der Waals surface area contributed by atoms with E-state index in [1.165, 1.54) is 12.7 Å². The summed E-state index contributed by atoms with van der Waals surface area (Å²) in [6.45, 7) is 10.7. The number of hydrogen-bond donors (Lipinski definition) is 2. The molecule has 308 valence electrons. The fraction of sp³-hybridized carbons (Fsp3) is 0.174.